The van der Waals surface area contributed by atoms with Crippen LogP contribution in [0.15, 0.2) is 29.1 Å². The Morgan fingerprint density at radius 1 is 1.26 bits per heavy atom. The molecule has 1 amide bonds. The average molecular weight is 367 g/mol. The Kier molecular flexibility index (Phi) is 4.36. The number of rotatable bonds is 4. The number of H-pyrrole nitrogens is 1. The van der Waals surface area contributed by atoms with Crippen LogP contribution in [0.1, 0.15) is 31.7 Å². The predicted octanol–water partition coefficient (Wildman–Crippen LogP) is 1.41. The number of aromatic hydroxyl groups is 1. The van der Waals surface area contributed by atoms with Crippen molar-refractivity contribution in [1.29, 1.82) is 0 Å². The van der Waals surface area contributed by atoms with Crippen molar-refractivity contribution in [3.63, 3.8) is 0 Å². The molecule has 0 unspecified atom stereocenters. The van der Waals surface area contributed by atoms with E-state index >= 15 is 0 Å². The van der Waals surface area contributed by atoms with Crippen LogP contribution in [-0.2, 0) is 4.79 Å². The lowest BCUT2D eigenvalue weighted by atomic mass is 9.92. The van der Waals surface area contributed by atoms with Crippen LogP contribution >= 0.6 is 0 Å². The molecule has 0 aliphatic heterocycles. The van der Waals surface area contributed by atoms with E-state index < -0.39 is 0 Å². The molecule has 0 saturated heterocycles. The summed E-state index contributed by atoms with van der Waals surface area (Å²) in [5, 5.41) is 12.1. The van der Waals surface area contributed by atoms with E-state index in [4.69, 9.17) is 5.73 Å². The van der Waals surface area contributed by atoms with E-state index in [1.807, 2.05) is 0 Å². The van der Waals surface area contributed by atoms with Crippen molar-refractivity contribution in [2.45, 2.75) is 37.8 Å². The van der Waals surface area contributed by atoms with Gasteiger partial charge in [-0.25, -0.2) is 14.8 Å². The molecular weight excluding hydrogens is 348 g/mol. The summed E-state index contributed by atoms with van der Waals surface area (Å²) < 4.78 is 1.62. The first kappa shape index (κ1) is 17.2. The van der Waals surface area contributed by atoms with Crippen LogP contribution in [0.2, 0.25) is 0 Å². The molecule has 1 radical (unpaired) electrons. The van der Waals surface area contributed by atoms with Crippen LogP contribution in [0.25, 0.3) is 22.6 Å². The SMILES string of the molecule is NC1CCC(n2c(=O)[nH]c3c(N[C]=O)nc(-c4cccc(O)c4)nc32)CC1. The molecular formula is C18H19N6O3. The number of carbonyl (C=O) groups excluding carboxylic acids is 1. The molecule has 1 aromatic carbocycles. The molecule has 1 fully saturated rings. The molecule has 9 nitrogen and oxygen atoms in total. The number of aromatic nitrogens is 4. The zero-order chi connectivity index (χ0) is 19.0. The highest BCUT2D eigenvalue weighted by Crippen LogP contribution is 2.31. The normalized spacial score (nSPS) is 19.9. The molecule has 2 aromatic heterocycles. The van der Waals surface area contributed by atoms with Gasteiger partial charge >= 0.3 is 12.1 Å². The fourth-order valence-corrected chi connectivity index (χ4v) is 3.61. The highest BCUT2D eigenvalue weighted by Gasteiger charge is 2.25. The third-order valence-corrected chi connectivity index (χ3v) is 4.95. The van der Waals surface area contributed by atoms with Gasteiger partial charge in [0.2, 0.25) is 0 Å². The highest BCUT2D eigenvalue weighted by molar-refractivity contribution is 5.90. The number of anilines is 1. The van der Waals surface area contributed by atoms with Gasteiger partial charge in [0, 0.05) is 17.6 Å². The number of imidazole rings is 1. The minimum Gasteiger partial charge on any atom is -0.508 e. The van der Waals surface area contributed by atoms with E-state index in [1.54, 1.807) is 23.1 Å². The van der Waals surface area contributed by atoms with Crippen molar-refractivity contribution in [1.82, 2.24) is 19.5 Å². The Hall–Kier alpha value is -3.20. The maximum absolute atomic E-state index is 12.6. The number of nitrogens with two attached hydrogens (primary N) is 1. The van der Waals surface area contributed by atoms with Crippen molar-refractivity contribution < 1.29 is 9.90 Å². The number of nitrogens with zero attached hydrogens (tertiary/aromatic N) is 3. The molecule has 3 aromatic rings. The molecule has 1 saturated carbocycles. The number of hydrogen-bond acceptors (Lipinski definition) is 6. The van der Waals surface area contributed by atoms with Crippen LogP contribution in [0.5, 0.6) is 5.75 Å². The van der Waals surface area contributed by atoms with Crippen LogP contribution < -0.4 is 16.7 Å². The molecule has 27 heavy (non-hydrogen) atoms. The quantitative estimate of drug-likeness (QED) is 0.514. The fourth-order valence-electron chi connectivity index (χ4n) is 3.61. The molecule has 0 spiro atoms. The maximum atomic E-state index is 12.6. The maximum Gasteiger partial charge on any atom is 0.328 e. The van der Waals surface area contributed by atoms with Gasteiger partial charge in [0.25, 0.3) is 0 Å². The van der Waals surface area contributed by atoms with Crippen molar-refractivity contribution in [3.05, 3.63) is 34.7 Å². The van der Waals surface area contributed by atoms with Crippen LogP contribution in [0.3, 0.4) is 0 Å². The Morgan fingerprint density at radius 2 is 2.04 bits per heavy atom. The van der Waals surface area contributed by atoms with Crippen molar-refractivity contribution in [2.75, 3.05) is 5.32 Å². The zero-order valence-electron chi connectivity index (χ0n) is 14.5. The second kappa shape index (κ2) is 6.84. The topological polar surface area (TPSA) is 139 Å². The predicted molar refractivity (Wildman–Crippen MR) is 100 cm³/mol. The molecule has 139 valence electrons. The number of amides is 1. The summed E-state index contributed by atoms with van der Waals surface area (Å²) in [6, 6.07) is 6.60. The number of phenolic OH excluding ortho intramolecular Hbond substituents is 1. The minimum absolute atomic E-state index is 0.0222. The zero-order valence-corrected chi connectivity index (χ0v) is 14.5. The van der Waals surface area contributed by atoms with Gasteiger partial charge < -0.3 is 21.1 Å². The largest absolute Gasteiger partial charge is 0.508 e. The number of fused-ring (bicyclic) bond motifs is 1. The molecule has 1 aliphatic rings. The molecule has 9 heteroatoms. The summed E-state index contributed by atoms with van der Waals surface area (Å²) in [4.78, 5) is 35.1. The number of hydrogen-bond donors (Lipinski definition) is 4. The third-order valence-electron chi connectivity index (χ3n) is 4.95. The summed E-state index contributed by atoms with van der Waals surface area (Å²) >= 11 is 0. The van der Waals surface area contributed by atoms with Gasteiger partial charge in [-0.1, -0.05) is 12.1 Å². The van der Waals surface area contributed by atoms with Crippen molar-refractivity contribution >= 4 is 23.4 Å². The summed E-state index contributed by atoms with van der Waals surface area (Å²) in [6.45, 7) is 0. The summed E-state index contributed by atoms with van der Waals surface area (Å²) in [5.74, 6) is 0.522. The lowest BCUT2D eigenvalue weighted by Crippen LogP contribution is -2.31. The van der Waals surface area contributed by atoms with E-state index in [1.165, 1.54) is 12.1 Å². The summed E-state index contributed by atoms with van der Waals surface area (Å²) in [6.07, 6.45) is 4.82. The second-order valence-electron chi connectivity index (χ2n) is 6.74. The van der Waals surface area contributed by atoms with E-state index in [2.05, 4.69) is 20.3 Å². The lowest BCUT2D eigenvalue weighted by molar-refractivity contribution is 0.323. The van der Waals surface area contributed by atoms with Gasteiger partial charge in [0.15, 0.2) is 17.3 Å². The summed E-state index contributed by atoms with van der Waals surface area (Å²) in [7, 11) is 0. The number of phenols is 1. The Labute approximate surface area is 154 Å². The Balaban J connectivity index is 1.90. The molecule has 5 N–H and O–H groups in total. The second-order valence-corrected chi connectivity index (χ2v) is 6.74. The molecule has 2 heterocycles. The van der Waals surface area contributed by atoms with E-state index in [-0.39, 0.29) is 35.2 Å². The minimum atomic E-state index is -0.304. The van der Waals surface area contributed by atoms with E-state index in [0.717, 1.165) is 25.7 Å². The molecule has 1 aliphatic carbocycles. The summed E-state index contributed by atoms with van der Waals surface area (Å²) in [5.41, 5.74) is 7.00. The van der Waals surface area contributed by atoms with Gasteiger partial charge in [0.1, 0.15) is 11.3 Å². The third kappa shape index (κ3) is 3.17. The van der Waals surface area contributed by atoms with Gasteiger partial charge in [0.05, 0.1) is 0 Å². The van der Waals surface area contributed by atoms with Crippen LogP contribution in [0, 0.1) is 0 Å². The first-order chi connectivity index (χ1) is 13.1. The van der Waals surface area contributed by atoms with Crippen molar-refractivity contribution in [3.8, 4) is 17.1 Å². The fraction of sp³-hybridized carbons (Fsp3) is 0.333. The lowest BCUT2D eigenvalue weighted by Gasteiger charge is -2.26. The number of aromatic amines is 1. The molecule has 0 bridgehead atoms. The van der Waals surface area contributed by atoms with Gasteiger partial charge in [-0.3, -0.25) is 9.36 Å². The molecule has 4 rings (SSSR count). The van der Waals surface area contributed by atoms with E-state index in [0.29, 0.717) is 16.7 Å². The smallest absolute Gasteiger partial charge is 0.328 e. The monoisotopic (exact) mass is 367 g/mol. The van der Waals surface area contributed by atoms with Crippen LogP contribution in [-0.4, -0.2) is 37.1 Å². The standard InChI is InChI=1S/C18H19N6O3/c19-11-4-6-12(7-5-11)24-17-14(21-18(24)27)16(20-9-25)22-15(23-17)10-2-1-3-13(26)8-10/h1-3,8,11-12,26H,4-7,19H2,(H,21,27)(H,20,22,23,25). The number of benzene rings is 1. The van der Waals surface area contributed by atoms with Gasteiger partial charge in [-0.2, -0.15) is 0 Å². The molecule has 0 atom stereocenters. The average Bonchev–Trinajstić information content (AvgIpc) is 2.99. The van der Waals surface area contributed by atoms with E-state index in [9.17, 15) is 14.7 Å². The van der Waals surface area contributed by atoms with Gasteiger partial charge in [-0.05, 0) is 37.8 Å². The van der Waals surface area contributed by atoms with Crippen molar-refractivity contribution in [2.24, 2.45) is 5.73 Å². The Bertz CT molecular complexity index is 1050. The first-order valence-corrected chi connectivity index (χ1v) is 8.77. The van der Waals surface area contributed by atoms with Gasteiger partial charge in [-0.15, -0.1) is 0 Å². The van der Waals surface area contributed by atoms with Crippen LogP contribution in [0.4, 0.5) is 5.82 Å². The number of nitrogens with one attached hydrogen (secondary N) is 2. The first-order valence-electron chi connectivity index (χ1n) is 8.77. The highest BCUT2D eigenvalue weighted by atomic mass is 16.3. The Morgan fingerprint density at radius 3 is 2.74 bits per heavy atom.